The zero-order valence-corrected chi connectivity index (χ0v) is 31.8. The highest BCUT2D eigenvalue weighted by Crippen LogP contribution is 3.02. The van der Waals surface area contributed by atoms with Gasteiger partial charge in [-0.3, -0.25) is 14.5 Å². The number of carbonyl (C=O) groups is 2. The summed E-state index contributed by atoms with van der Waals surface area (Å²) in [6.45, 7) is 11.9. The molecule has 2 radical (unpaired) electrons. The van der Waals surface area contributed by atoms with Gasteiger partial charge in [0, 0.05) is 43.4 Å². The summed E-state index contributed by atoms with van der Waals surface area (Å²) >= 11 is 7.60. The lowest BCUT2D eigenvalue weighted by molar-refractivity contribution is 0.0130. The van der Waals surface area contributed by atoms with Gasteiger partial charge in [0.2, 0.25) is 0 Å². The molecule has 4 fully saturated rings. The summed E-state index contributed by atoms with van der Waals surface area (Å²) in [6.07, 6.45) is 12.1. The van der Waals surface area contributed by atoms with Crippen LogP contribution in [0.1, 0.15) is 96.3 Å². The number of nitrogens with zero attached hydrogens (tertiary/aromatic N) is 4. The second-order valence-electron chi connectivity index (χ2n) is 16.5. The molecule has 3 N–H and O–H groups in total. The fraction of sp³-hybridized carbons (Fsp3) is 0.622. The minimum absolute atomic E-state index is 0.0363. The van der Waals surface area contributed by atoms with E-state index in [-0.39, 0.29) is 39.8 Å². The normalized spacial score (nSPS) is 24.2. The Morgan fingerprint density at radius 2 is 1.86 bits per heavy atom. The van der Waals surface area contributed by atoms with Crippen LogP contribution >= 0.6 is 23.5 Å². The number of ether oxygens (including phenoxy) is 2. The van der Waals surface area contributed by atoms with Gasteiger partial charge in [-0.2, -0.15) is 5.43 Å². The fourth-order valence-electron chi connectivity index (χ4n) is 8.79. The standard InChI is InChI=1S/C37H49BClN7O4S/c1-33(2,3)50-32(48)45-23-24(22-34(45,4)5)8-7-19-40-26-9-6-10-29(41-26)51-44-31(47)25-11-12-27(42-30(25)39)46-20-13-28(43-46)49-21-18-37(38)35(14-15-35)36(37)16-17-36/h6,9-13,20,24,28,43H,7-8,14-19,21-23H2,1-5H3,(H,40,41)(H,44,47). The molecule has 1 saturated heterocycles. The number of halogens is 1. The summed E-state index contributed by atoms with van der Waals surface area (Å²) in [6, 6.07) is 9.03. The van der Waals surface area contributed by atoms with Crippen LogP contribution in [0.3, 0.4) is 0 Å². The molecule has 11 nitrogen and oxygen atoms in total. The van der Waals surface area contributed by atoms with Gasteiger partial charge in [-0.25, -0.2) is 14.8 Å². The average Bonchev–Trinajstić information content (AvgIpc) is 4.01. The third-order valence-corrected chi connectivity index (χ3v) is 12.5. The van der Waals surface area contributed by atoms with E-state index in [4.69, 9.17) is 28.9 Å². The lowest BCUT2D eigenvalue weighted by Crippen LogP contribution is -2.45. The van der Waals surface area contributed by atoms with Gasteiger partial charge >= 0.3 is 6.09 Å². The minimum Gasteiger partial charge on any atom is -0.444 e. The van der Waals surface area contributed by atoms with Gasteiger partial charge in [0.15, 0.2) is 0 Å². The molecule has 7 rings (SSSR count). The van der Waals surface area contributed by atoms with Crippen LogP contribution in [0.5, 0.6) is 0 Å². The third-order valence-electron chi connectivity index (χ3n) is 11.5. The number of likely N-dealkylation sites (tertiary alicyclic amines) is 1. The Labute approximate surface area is 311 Å². The Morgan fingerprint density at radius 3 is 2.55 bits per heavy atom. The van der Waals surface area contributed by atoms with Crippen molar-refractivity contribution in [2.75, 3.05) is 30.0 Å². The molecule has 2 aliphatic heterocycles. The number of hydrazine groups is 1. The van der Waals surface area contributed by atoms with Gasteiger partial charge in [0.05, 0.1) is 13.4 Å². The van der Waals surface area contributed by atoms with Gasteiger partial charge in [-0.1, -0.05) is 23.0 Å². The van der Waals surface area contributed by atoms with Crippen molar-refractivity contribution in [3.8, 4) is 0 Å². The number of aromatic nitrogens is 2. The maximum absolute atomic E-state index is 13.0. The number of rotatable bonds is 13. The van der Waals surface area contributed by atoms with E-state index in [1.54, 1.807) is 17.1 Å². The highest BCUT2D eigenvalue weighted by molar-refractivity contribution is 7.97. The van der Waals surface area contributed by atoms with Crippen LogP contribution in [0.4, 0.5) is 16.4 Å². The number of amides is 2. The van der Waals surface area contributed by atoms with Crippen LogP contribution in [0.2, 0.25) is 10.5 Å². The van der Waals surface area contributed by atoms with Gasteiger partial charge in [-0.05, 0) is 133 Å². The fourth-order valence-corrected chi connectivity index (χ4v) is 9.62. The third kappa shape index (κ3) is 7.20. The minimum atomic E-state index is -0.512. The Balaban J connectivity index is 0.821. The number of fused-ring (bicyclic) bond motifs is 1. The molecule has 2 unspecified atom stereocenters. The van der Waals surface area contributed by atoms with Crippen molar-refractivity contribution in [2.24, 2.45) is 16.7 Å². The lowest BCUT2D eigenvalue weighted by Gasteiger charge is -2.33. The number of hydrogen-bond acceptors (Lipinski definition) is 10. The molecule has 2 aromatic rings. The van der Waals surface area contributed by atoms with Crippen LogP contribution in [-0.2, 0) is 9.47 Å². The number of nitrogens with one attached hydrogen (secondary N) is 3. The zero-order valence-electron chi connectivity index (χ0n) is 30.3. The van der Waals surface area contributed by atoms with Crippen molar-refractivity contribution in [3.05, 3.63) is 53.3 Å². The first kappa shape index (κ1) is 36.4. The SMILES string of the molecule is [B]C1(CCOC2C=CN(c3ccc(C(=O)NSc4cccc(NCCCC5CN(C(=O)OC(C)(C)C)C(C)(C)C5)n4)c(Cl)n3)N2)C2(CC2)C12CC2. The van der Waals surface area contributed by atoms with E-state index in [0.29, 0.717) is 40.7 Å². The van der Waals surface area contributed by atoms with Gasteiger partial charge in [0.1, 0.15) is 33.6 Å². The summed E-state index contributed by atoms with van der Waals surface area (Å²) in [5.41, 5.74) is 3.62. The topological polar surface area (TPSA) is 121 Å². The zero-order chi connectivity index (χ0) is 36.2. The van der Waals surface area contributed by atoms with Gasteiger partial charge < -0.3 is 19.7 Å². The first-order valence-corrected chi connectivity index (χ1v) is 19.3. The molecule has 51 heavy (non-hydrogen) atoms. The number of anilines is 2. The molecule has 3 aliphatic carbocycles. The maximum atomic E-state index is 13.0. The van der Waals surface area contributed by atoms with Gasteiger partial charge in [-0.15, -0.1) is 0 Å². The van der Waals surface area contributed by atoms with Crippen molar-refractivity contribution in [1.29, 1.82) is 0 Å². The second kappa shape index (κ2) is 13.4. The monoisotopic (exact) mass is 733 g/mol. The maximum Gasteiger partial charge on any atom is 0.410 e. The summed E-state index contributed by atoms with van der Waals surface area (Å²) in [5, 5.41) is 5.82. The van der Waals surface area contributed by atoms with Crippen LogP contribution < -0.4 is 20.5 Å². The van der Waals surface area contributed by atoms with Gasteiger partial charge in [0.25, 0.3) is 5.91 Å². The smallest absolute Gasteiger partial charge is 0.410 e. The Morgan fingerprint density at radius 1 is 1.12 bits per heavy atom. The van der Waals surface area contributed by atoms with Crippen molar-refractivity contribution < 1.29 is 19.1 Å². The van der Waals surface area contributed by atoms with E-state index in [0.717, 1.165) is 50.0 Å². The van der Waals surface area contributed by atoms with E-state index >= 15 is 0 Å². The van der Waals surface area contributed by atoms with Crippen molar-refractivity contribution in [3.63, 3.8) is 0 Å². The van der Waals surface area contributed by atoms with Crippen LogP contribution in [0, 0.1) is 16.7 Å². The Kier molecular flexibility index (Phi) is 9.59. The molecule has 272 valence electrons. The van der Waals surface area contributed by atoms with Crippen LogP contribution in [0.25, 0.3) is 0 Å². The Bertz CT molecular complexity index is 1680. The molecule has 2 spiro atoms. The molecule has 0 aromatic carbocycles. The predicted molar refractivity (Wildman–Crippen MR) is 201 cm³/mol. The van der Waals surface area contributed by atoms with E-state index in [2.05, 4.69) is 39.3 Å². The number of pyridine rings is 2. The molecule has 0 bridgehead atoms. The molecule has 3 saturated carbocycles. The van der Waals surface area contributed by atoms with Crippen LogP contribution in [0.15, 0.2) is 47.6 Å². The van der Waals surface area contributed by atoms with E-state index in [1.165, 1.54) is 25.7 Å². The lowest BCUT2D eigenvalue weighted by atomic mass is 9.75. The van der Waals surface area contributed by atoms with E-state index in [1.807, 2.05) is 56.1 Å². The molecular weight excluding hydrogens is 685 g/mol. The van der Waals surface area contributed by atoms with E-state index < -0.39 is 5.60 Å². The Hall–Kier alpha value is -3.00. The van der Waals surface area contributed by atoms with Crippen LogP contribution in [-0.4, -0.2) is 71.8 Å². The molecule has 4 heterocycles. The summed E-state index contributed by atoms with van der Waals surface area (Å²) in [4.78, 5) is 36.7. The summed E-state index contributed by atoms with van der Waals surface area (Å²) < 4.78 is 14.6. The number of carbonyl (C=O) groups excluding carboxylic acids is 2. The van der Waals surface area contributed by atoms with E-state index in [9.17, 15) is 9.59 Å². The number of hydrogen-bond donors (Lipinski definition) is 3. The average molecular weight is 734 g/mol. The highest BCUT2D eigenvalue weighted by atomic mass is 35.5. The largest absolute Gasteiger partial charge is 0.444 e. The second-order valence-corrected chi connectivity index (χ2v) is 17.6. The highest BCUT2D eigenvalue weighted by Gasteiger charge is 2.91. The first-order chi connectivity index (χ1) is 24.2. The summed E-state index contributed by atoms with van der Waals surface area (Å²) in [5.74, 6) is 1.32. The van der Waals surface area contributed by atoms with Crippen molar-refractivity contribution >= 4 is 55.0 Å². The van der Waals surface area contributed by atoms with Crippen molar-refractivity contribution in [1.82, 2.24) is 25.0 Å². The quantitative estimate of drug-likeness (QED) is 0.0840. The molecule has 2 amide bonds. The molecular formula is C37H49BClN7O4S. The molecule has 2 aromatic heterocycles. The molecule has 14 heteroatoms. The molecule has 5 aliphatic rings. The molecule has 2 atom stereocenters. The van der Waals surface area contributed by atoms with Crippen molar-refractivity contribution in [2.45, 2.75) is 114 Å². The first-order valence-electron chi connectivity index (χ1n) is 18.1. The predicted octanol–water partition coefficient (Wildman–Crippen LogP) is 7.27. The summed E-state index contributed by atoms with van der Waals surface area (Å²) in [7, 11) is 6.81.